The van der Waals surface area contributed by atoms with E-state index in [1.165, 1.54) is 6.07 Å². The Balaban J connectivity index is 1.31. The molecule has 2 saturated heterocycles. The Hall–Kier alpha value is -3.76. The minimum absolute atomic E-state index is 0.0744. The highest BCUT2D eigenvalue weighted by atomic mass is 32.1. The fourth-order valence-electron chi connectivity index (χ4n) is 5.51. The normalized spacial score (nSPS) is 19.2. The van der Waals surface area contributed by atoms with Crippen LogP contribution in [-0.2, 0) is 22.3 Å². The molecule has 2 amide bonds. The van der Waals surface area contributed by atoms with E-state index in [0.717, 1.165) is 29.1 Å². The van der Waals surface area contributed by atoms with E-state index < -0.39 is 34.5 Å². The van der Waals surface area contributed by atoms with Gasteiger partial charge in [-0.2, -0.15) is 18.4 Å². The molecule has 1 aromatic carbocycles. The Kier molecular flexibility index (Phi) is 7.66. The molecule has 0 unspecified atom stereocenters. The second kappa shape index (κ2) is 10.8. The smallest absolute Gasteiger partial charge is 0.419 e. The van der Waals surface area contributed by atoms with Crippen molar-refractivity contribution in [3.63, 3.8) is 0 Å². The van der Waals surface area contributed by atoms with E-state index in [1.807, 2.05) is 45.0 Å². The Morgan fingerprint density at radius 3 is 2.26 bits per heavy atom. The number of aromatic nitrogens is 1. The van der Waals surface area contributed by atoms with Gasteiger partial charge < -0.3 is 14.5 Å². The maximum atomic E-state index is 13.7. The molecule has 1 saturated carbocycles. The molecule has 1 spiro atoms. The van der Waals surface area contributed by atoms with Gasteiger partial charge in [-0.1, -0.05) is 12.1 Å². The number of hydrogen-bond donors (Lipinski definition) is 0. The summed E-state index contributed by atoms with van der Waals surface area (Å²) in [6, 6.07) is 9.85. The topological polar surface area (TPSA) is 93.0 Å². The van der Waals surface area contributed by atoms with Gasteiger partial charge in [0.15, 0.2) is 10.8 Å². The minimum Gasteiger partial charge on any atom is -0.444 e. The molecule has 0 radical (unpaired) electrons. The molecular formula is C29H31F3N6O3S. The van der Waals surface area contributed by atoms with Crippen LogP contribution in [0.25, 0.3) is 0 Å². The lowest BCUT2D eigenvalue weighted by atomic mass is 9.75. The number of benzene rings is 1. The van der Waals surface area contributed by atoms with Crippen LogP contribution in [0.1, 0.15) is 56.9 Å². The third-order valence-electron chi connectivity index (χ3n) is 7.76. The molecule has 1 aliphatic carbocycles. The van der Waals surface area contributed by atoms with E-state index in [2.05, 4.69) is 9.88 Å². The molecule has 2 aromatic rings. The van der Waals surface area contributed by atoms with Crippen LogP contribution in [0, 0.1) is 11.3 Å². The number of nitrogens with zero attached hydrogens (tertiary/aromatic N) is 6. The standard InChI is InChI=1S/C29H31F3N6O3S/c1-27(2,3)41-26(40)36-13-11-35(12-14-36)18-19-5-7-20(8-6-19)38-25(42)37(24(39)28(38)9-4-10-28)21-15-22(29(30,31)32)23(16-33)34-17-21/h5-8,15,17H,4,9-14,18H2,1-3H3. The molecular weight excluding hydrogens is 569 g/mol. The van der Waals surface area contributed by atoms with Gasteiger partial charge in [0, 0.05) is 38.4 Å². The summed E-state index contributed by atoms with van der Waals surface area (Å²) in [5.41, 5.74) is -1.90. The molecule has 3 heterocycles. The van der Waals surface area contributed by atoms with Crippen LogP contribution < -0.4 is 9.80 Å². The largest absolute Gasteiger partial charge is 0.444 e. The number of amides is 2. The first kappa shape index (κ1) is 29.7. The van der Waals surface area contributed by atoms with Gasteiger partial charge in [-0.25, -0.2) is 9.78 Å². The second-order valence-corrected chi connectivity index (χ2v) is 12.1. The van der Waals surface area contributed by atoms with Crippen molar-refractivity contribution in [1.29, 1.82) is 5.26 Å². The summed E-state index contributed by atoms with van der Waals surface area (Å²) in [7, 11) is 0. The minimum atomic E-state index is -4.81. The highest BCUT2D eigenvalue weighted by Gasteiger charge is 2.59. The van der Waals surface area contributed by atoms with Crippen molar-refractivity contribution in [1.82, 2.24) is 14.8 Å². The van der Waals surface area contributed by atoms with Crippen molar-refractivity contribution in [2.45, 2.75) is 63.9 Å². The molecule has 3 aliphatic rings. The quantitative estimate of drug-likeness (QED) is 0.449. The molecule has 13 heteroatoms. The lowest BCUT2D eigenvalue weighted by Gasteiger charge is -2.43. The average Bonchev–Trinajstić information content (AvgIpc) is 3.14. The van der Waals surface area contributed by atoms with E-state index in [1.54, 1.807) is 9.80 Å². The van der Waals surface area contributed by atoms with Crippen molar-refractivity contribution in [3.8, 4) is 6.07 Å². The zero-order valence-corrected chi connectivity index (χ0v) is 24.4. The van der Waals surface area contributed by atoms with Gasteiger partial charge in [0.05, 0.1) is 17.4 Å². The van der Waals surface area contributed by atoms with Gasteiger partial charge in [0.25, 0.3) is 5.91 Å². The summed E-state index contributed by atoms with van der Waals surface area (Å²) in [5, 5.41) is 9.18. The van der Waals surface area contributed by atoms with E-state index in [4.69, 9.17) is 22.2 Å². The summed E-state index contributed by atoms with van der Waals surface area (Å²) in [6.45, 7) is 8.71. The first-order chi connectivity index (χ1) is 19.7. The number of piperazine rings is 1. The maximum absolute atomic E-state index is 13.7. The first-order valence-electron chi connectivity index (χ1n) is 13.7. The highest BCUT2D eigenvalue weighted by Crippen LogP contribution is 2.48. The van der Waals surface area contributed by atoms with Crippen molar-refractivity contribution < 1.29 is 27.5 Å². The number of pyridine rings is 1. The molecule has 1 aromatic heterocycles. The highest BCUT2D eigenvalue weighted by molar-refractivity contribution is 7.81. The Morgan fingerprint density at radius 1 is 1.10 bits per heavy atom. The van der Waals surface area contributed by atoms with Crippen LogP contribution in [0.5, 0.6) is 0 Å². The van der Waals surface area contributed by atoms with Crippen LogP contribution >= 0.6 is 12.2 Å². The number of ether oxygens (including phenoxy) is 1. The van der Waals surface area contributed by atoms with Crippen molar-refractivity contribution in [3.05, 3.63) is 53.3 Å². The maximum Gasteiger partial charge on any atom is 0.419 e. The number of thiocarbonyl (C=S) groups is 1. The molecule has 2 aliphatic heterocycles. The summed E-state index contributed by atoms with van der Waals surface area (Å²) in [5.74, 6) is -0.398. The van der Waals surface area contributed by atoms with E-state index in [9.17, 15) is 22.8 Å². The number of halogens is 3. The molecule has 42 heavy (non-hydrogen) atoms. The van der Waals surface area contributed by atoms with Gasteiger partial charge in [-0.3, -0.25) is 14.6 Å². The number of carbonyl (C=O) groups is 2. The molecule has 3 fully saturated rings. The van der Waals surface area contributed by atoms with Gasteiger partial charge in [-0.15, -0.1) is 0 Å². The van der Waals surface area contributed by atoms with Crippen LogP contribution in [0.2, 0.25) is 0 Å². The lowest BCUT2D eigenvalue weighted by Crippen LogP contribution is -2.55. The zero-order valence-electron chi connectivity index (χ0n) is 23.6. The molecule has 0 bridgehead atoms. The van der Waals surface area contributed by atoms with E-state index in [0.29, 0.717) is 51.3 Å². The van der Waals surface area contributed by atoms with Crippen molar-refractivity contribution in [2.24, 2.45) is 0 Å². The van der Waals surface area contributed by atoms with Gasteiger partial charge in [-0.05, 0) is 76.0 Å². The third-order valence-corrected chi connectivity index (χ3v) is 8.13. The number of nitriles is 1. The summed E-state index contributed by atoms with van der Waals surface area (Å²) in [4.78, 5) is 36.5. The molecule has 0 N–H and O–H groups in total. The number of carbonyl (C=O) groups excluding carboxylic acids is 2. The SMILES string of the molecule is CC(C)(C)OC(=O)N1CCN(Cc2ccc(N3C(=S)N(c4cnc(C#N)c(C(F)(F)F)c4)C(=O)C34CCC4)cc2)CC1. The van der Waals surface area contributed by atoms with Crippen molar-refractivity contribution >= 4 is 40.7 Å². The van der Waals surface area contributed by atoms with Crippen LogP contribution in [-0.4, -0.2) is 69.2 Å². The average molecular weight is 601 g/mol. The summed E-state index contributed by atoms with van der Waals surface area (Å²) in [6.07, 6.45) is -2.23. The van der Waals surface area contributed by atoms with Crippen LogP contribution in [0.3, 0.4) is 0 Å². The predicted molar refractivity (Wildman–Crippen MR) is 153 cm³/mol. The van der Waals surface area contributed by atoms with Crippen molar-refractivity contribution in [2.75, 3.05) is 36.0 Å². The number of hydrogen-bond acceptors (Lipinski definition) is 7. The summed E-state index contributed by atoms with van der Waals surface area (Å²) < 4.78 is 46.3. The Labute approximate surface area is 247 Å². The van der Waals surface area contributed by atoms with Crippen LogP contribution in [0.15, 0.2) is 36.5 Å². The van der Waals surface area contributed by atoms with Gasteiger partial charge in [0.2, 0.25) is 0 Å². The molecule has 9 nitrogen and oxygen atoms in total. The Morgan fingerprint density at radius 2 is 1.74 bits per heavy atom. The monoisotopic (exact) mass is 600 g/mol. The fraction of sp³-hybridized carbons (Fsp3) is 0.483. The summed E-state index contributed by atoms with van der Waals surface area (Å²) >= 11 is 5.68. The molecule has 5 rings (SSSR count). The molecule has 0 atom stereocenters. The van der Waals surface area contributed by atoms with E-state index >= 15 is 0 Å². The number of anilines is 2. The predicted octanol–water partition coefficient (Wildman–Crippen LogP) is 5.09. The number of alkyl halides is 3. The fourth-order valence-corrected chi connectivity index (χ4v) is 5.98. The van der Waals surface area contributed by atoms with E-state index in [-0.39, 0.29) is 16.9 Å². The lowest BCUT2D eigenvalue weighted by molar-refractivity contribution is -0.138. The molecule has 222 valence electrons. The Bertz CT molecular complexity index is 1440. The third kappa shape index (κ3) is 5.53. The van der Waals surface area contributed by atoms with Gasteiger partial charge in [0.1, 0.15) is 17.2 Å². The first-order valence-corrected chi connectivity index (χ1v) is 14.1. The zero-order chi connectivity index (χ0) is 30.4. The van der Waals surface area contributed by atoms with Crippen LogP contribution in [0.4, 0.5) is 29.3 Å². The van der Waals surface area contributed by atoms with Gasteiger partial charge >= 0.3 is 12.3 Å². The second-order valence-electron chi connectivity index (χ2n) is 11.8. The number of rotatable bonds is 4.